The molecule has 2 amide bonds. The van der Waals surface area contributed by atoms with Crippen LogP contribution in [0.3, 0.4) is 0 Å². The van der Waals surface area contributed by atoms with Crippen LogP contribution in [-0.4, -0.2) is 40.1 Å². The van der Waals surface area contributed by atoms with Gasteiger partial charge in [0.15, 0.2) is 0 Å². The van der Waals surface area contributed by atoms with Crippen molar-refractivity contribution in [3.63, 3.8) is 0 Å². The van der Waals surface area contributed by atoms with Gasteiger partial charge in [-0.3, -0.25) is 0 Å². The zero-order valence-electron chi connectivity index (χ0n) is 15.3. The van der Waals surface area contributed by atoms with E-state index in [4.69, 9.17) is 4.74 Å². The molecule has 6 nitrogen and oxygen atoms in total. The molecule has 1 N–H and O–H groups in total. The van der Waals surface area contributed by atoms with Crippen molar-refractivity contribution in [2.45, 2.75) is 25.9 Å². The predicted molar refractivity (Wildman–Crippen MR) is 105 cm³/mol. The zero-order chi connectivity index (χ0) is 18.6. The van der Waals surface area contributed by atoms with Crippen molar-refractivity contribution in [3.05, 3.63) is 60.6 Å². The lowest BCUT2D eigenvalue weighted by molar-refractivity contribution is 0.111. The molecular formula is C21H22N4O2. The van der Waals surface area contributed by atoms with Crippen molar-refractivity contribution in [2.75, 3.05) is 18.4 Å². The van der Waals surface area contributed by atoms with E-state index in [1.165, 1.54) is 0 Å². The lowest BCUT2D eigenvalue weighted by atomic mass is 10.1. The quantitative estimate of drug-likeness (QED) is 0.764. The number of fused-ring (bicyclic) bond motifs is 1. The largest absolute Gasteiger partial charge is 0.474 e. The molecule has 1 saturated heterocycles. The number of rotatable bonds is 3. The van der Waals surface area contributed by atoms with Gasteiger partial charge < -0.3 is 15.0 Å². The van der Waals surface area contributed by atoms with Gasteiger partial charge in [0, 0.05) is 43.6 Å². The number of carbonyl (C=O) groups is 1. The number of nitrogens with one attached hydrogen (secondary N) is 1. The summed E-state index contributed by atoms with van der Waals surface area (Å²) in [5, 5.41) is 5.21. The summed E-state index contributed by atoms with van der Waals surface area (Å²) in [7, 11) is 0. The second-order valence-corrected chi connectivity index (χ2v) is 6.70. The molecule has 2 heterocycles. The maximum absolute atomic E-state index is 12.7. The topological polar surface area (TPSA) is 67.3 Å². The molecule has 0 saturated carbocycles. The normalized spacial score (nSPS) is 14.9. The summed E-state index contributed by atoms with van der Waals surface area (Å²) in [6.45, 7) is 3.16. The first-order valence-corrected chi connectivity index (χ1v) is 9.19. The minimum atomic E-state index is -0.0670. The second-order valence-electron chi connectivity index (χ2n) is 6.70. The number of hydrogen-bond donors (Lipinski definition) is 1. The molecule has 0 radical (unpaired) electrons. The summed E-state index contributed by atoms with van der Waals surface area (Å²) in [5.41, 5.74) is 0.841. The van der Waals surface area contributed by atoms with Crippen LogP contribution in [0.1, 0.15) is 18.7 Å². The summed E-state index contributed by atoms with van der Waals surface area (Å²) < 4.78 is 5.93. The molecule has 138 valence electrons. The van der Waals surface area contributed by atoms with E-state index in [9.17, 15) is 4.79 Å². The highest BCUT2D eigenvalue weighted by Crippen LogP contribution is 2.24. The number of urea groups is 1. The standard InChI is InChI=1S/C21H22N4O2/c1-15-22-12-9-20(23-15)27-17-10-13-25(14-11-17)21(26)24-19-8-4-6-16-5-2-3-7-18(16)19/h2-9,12,17H,10-11,13-14H2,1H3,(H,24,26). The Balaban J connectivity index is 1.36. The highest BCUT2D eigenvalue weighted by atomic mass is 16.5. The third kappa shape index (κ3) is 4.00. The van der Waals surface area contributed by atoms with E-state index in [0.29, 0.717) is 24.8 Å². The van der Waals surface area contributed by atoms with Gasteiger partial charge in [0.1, 0.15) is 11.9 Å². The number of carbonyl (C=O) groups excluding carboxylic acids is 1. The van der Waals surface area contributed by atoms with Crippen LogP contribution >= 0.6 is 0 Å². The smallest absolute Gasteiger partial charge is 0.321 e. The Morgan fingerprint density at radius 1 is 1.11 bits per heavy atom. The molecule has 6 heteroatoms. The predicted octanol–water partition coefficient (Wildman–Crippen LogP) is 4.01. The lowest BCUT2D eigenvalue weighted by Gasteiger charge is -2.32. The molecule has 4 rings (SSSR count). The second kappa shape index (κ2) is 7.61. The first-order valence-electron chi connectivity index (χ1n) is 9.19. The van der Waals surface area contributed by atoms with Gasteiger partial charge in [-0.1, -0.05) is 36.4 Å². The van der Waals surface area contributed by atoms with E-state index in [1.54, 1.807) is 12.3 Å². The van der Waals surface area contributed by atoms with Crippen LogP contribution in [0.15, 0.2) is 54.7 Å². The van der Waals surface area contributed by atoms with E-state index in [0.717, 1.165) is 29.3 Å². The van der Waals surface area contributed by atoms with Gasteiger partial charge >= 0.3 is 6.03 Å². The number of benzene rings is 2. The fraction of sp³-hybridized carbons (Fsp3) is 0.286. The number of ether oxygens (including phenoxy) is 1. The Bertz CT molecular complexity index is 946. The van der Waals surface area contributed by atoms with E-state index in [2.05, 4.69) is 15.3 Å². The Labute approximate surface area is 158 Å². The van der Waals surface area contributed by atoms with Crippen LogP contribution in [0.4, 0.5) is 10.5 Å². The van der Waals surface area contributed by atoms with Gasteiger partial charge in [0.2, 0.25) is 5.88 Å². The summed E-state index contributed by atoms with van der Waals surface area (Å²) >= 11 is 0. The number of likely N-dealkylation sites (tertiary alicyclic amines) is 1. The van der Waals surface area contributed by atoms with E-state index in [-0.39, 0.29) is 12.1 Å². The monoisotopic (exact) mass is 362 g/mol. The fourth-order valence-electron chi connectivity index (χ4n) is 3.38. The van der Waals surface area contributed by atoms with Crippen LogP contribution in [-0.2, 0) is 0 Å². The Morgan fingerprint density at radius 3 is 2.70 bits per heavy atom. The van der Waals surface area contributed by atoms with Crippen molar-refractivity contribution in [3.8, 4) is 5.88 Å². The SMILES string of the molecule is Cc1nccc(OC2CCN(C(=O)Nc3cccc4ccccc34)CC2)n1. The van der Waals surface area contributed by atoms with Crippen LogP contribution in [0.5, 0.6) is 5.88 Å². The van der Waals surface area contributed by atoms with Crippen LogP contribution in [0, 0.1) is 6.92 Å². The molecule has 2 aromatic carbocycles. The van der Waals surface area contributed by atoms with Crippen LogP contribution in [0.2, 0.25) is 0 Å². The number of aromatic nitrogens is 2. The Morgan fingerprint density at radius 2 is 1.89 bits per heavy atom. The molecule has 27 heavy (non-hydrogen) atoms. The third-order valence-electron chi connectivity index (χ3n) is 4.80. The van der Waals surface area contributed by atoms with Crippen LogP contribution in [0.25, 0.3) is 10.8 Å². The molecule has 1 aliphatic rings. The average Bonchev–Trinajstić information content (AvgIpc) is 2.69. The van der Waals surface area contributed by atoms with Gasteiger partial charge in [-0.15, -0.1) is 0 Å². The van der Waals surface area contributed by atoms with E-state index >= 15 is 0 Å². The Kier molecular flexibility index (Phi) is 4.87. The number of hydrogen-bond acceptors (Lipinski definition) is 4. The molecule has 0 spiro atoms. The average molecular weight is 362 g/mol. The summed E-state index contributed by atoms with van der Waals surface area (Å²) in [4.78, 5) is 22.9. The van der Waals surface area contributed by atoms with Crippen molar-refractivity contribution in [1.82, 2.24) is 14.9 Å². The number of nitrogens with zero attached hydrogens (tertiary/aromatic N) is 3. The van der Waals surface area contributed by atoms with Gasteiger partial charge in [0.25, 0.3) is 0 Å². The van der Waals surface area contributed by atoms with Gasteiger partial charge in [0.05, 0.1) is 5.69 Å². The number of amides is 2. The van der Waals surface area contributed by atoms with Crippen molar-refractivity contribution in [2.24, 2.45) is 0 Å². The Hall–Kier alpha value is -3.15. The van der Waals surface area contributed by atoms with Gasteiger partial charge in [-0.05, 0) is 18.4 Å². The summed E-state index contributed by atoms with van der Waals surface area (Å²) in [5.74, 6) is 1.29. The fourth-order valence-corrected chi connectivity index (χ4v) is 3.38. The first kappa shape index (κ1) is 17.3. The molecule has 0 unspecified atom stereocenters. The maximum atomic E-state index is 12.7. The maximum Gasteiger partial charge on any atom is 0.321 e. The van der Waals surface area contributed by atoms with Crippen molar-refractivity contribution >= 4 is 22.5 Å². The minimum absolute atomic E-state index is 0.0670. The van der Waals surface area contributed by atoms with E-state index in [1.807, 2.05) is 54.3 Å². The molecule has 0 bridgehead atoms. The number of aryl methyl sites for hydroxylation is 1. The van der Waals surface area contributed by atoms with Crippen molar-refractivity contribution < 1.29 is 9.53 Å². The molecule has 0 aliphatic carbocycles. The molecule has 1 aliphatic heterocycles. The number of anilines is 1. The lowest BCUT2D eigenvalue weighted by Crippen LogP contribution is -2.43. The molecule has 0 atom stereocenters. The minimum Gasteiger partial charge on any atom is -0.474 e. The molecule has 1 fully saturated rings. The molecular weight excluding hydrogens is 340 g/mol. The third-order valence-corrected chi connectivity index (χ3v) is 4.80. The highest BCUT2D eigenvalue weighted by molar-refractivity contribution is 6.01. The van der Waals surface area contributed by atoms with Crippen molar-refractivity contribution in [1.29, 1.82) is 0 Å². The first-order chi connectivity index (χ1) is 13.2. The number of piperidine rings is 1. The zero-order valence-corrected chi connectivity index (χ0v) is 15.3. The molecule has 3 aromatic rings. The van der Waals surface area contributed by atoms with Gasteiger partial charge in [-0.25, -0.2) is 9.78 Å². The summed E-state index contributed by atoms with van der Waals surface area (Å²) in [6, 6.07) is 15.7. The highest BCUT2D eigenvalue weighted by Gasteiger charge is 2.24. The van der Waals surface area contributed by atoms with Crippen LogP contribution < -0.4 is 10.1 Å². The van der Waals surface area contributed by atoms with Gasteiger partial charge in [-0.2, -0.15) is 4.98 Å². The van der Waals surface area contributed by atoms with E-state index < -0.39 is 0 Å². The summed E-state index contributed by atoms with van der Waals surface area (Å²) in [6.07, 6.45) is 3.34. The molecule has 1 aromatic heterocycles.